The first-order valence-electron chi connectivity index (χ1n) is 2.96. The fourth-order valence-electron chi connectivity index (χ4n) is 0.633. The molecule has 0 saturated carbocycles. The van der Waals surface area contributed by atoms with E-state index in [4.69, 9.17) is 5.73 Å². The Labute approximate surface area is 75.7 Å². The Bertz CT molecular complexity index is 282. The zero-order valence-corrected chi connectivity index (χ0v) is 7.38. The number of hydrogen-bond acceptors (Lipinski definition) is 3. The second-order valence-electron chi connectivity index (χ2n) is 1.90. The normalized spacial score (nSPS) is 10.3. The first-order valence-corrected chi connectivity index (χ1v) is 3.75. The summed E-state index contributed by atoms with van der Waals surface area (Å²) >= 11 is 3.03. The van der Waals surface area contributed by atoms with Gasteiger partial charge in [0.05, 0.1) is 0 Å². The van der Waals surface area contributed by atoms with Crippen LogP contribution in [0.1, 0.15) is 0 Å². The number of rotatable bonds is 2. The summed E-state index contributed by atoms with van der Waals surface area (Å²) in [5, 5.41) is 0. The maximum absolute atomic E-state index is 11.7. The van der Waals surface area contributed by atoms with E-state index in [2.05, 4.69) is 25.7 Å². The molecule has 1 rings (SSSR count). The average Bonchev–Trinajstić information content (AvgIpc) is 1.94. The summed E-state index contributed by atoms with van der Waals surface area (Å²) < 4.78 is 27.9. The van der Waals surface area contributed by atoms with Crippen molar-refractivity contribution in [1.82, 2.24) is 4.98 Å². The molecule has 0 spiro atoms. The third-order valence-electron chi connectivity index (χ3n) is 1.07. The first-order chi connectivity index (χ1) is 5.59. The predicted molar refractivity (Wildman–Crippen MR) is 43.0 cm³/mol. The summed E-state index contributed by atoms with van der Waals surface area (Å²) in [7, 11) is 0. The number of nitrogen functional groups attached to an aromatic ring is 1. The van der Waals surface area contributed by atoms with Gasteiger partial charge in [-0.25, -0.2) is 4.98 Å². The van der Waals surface area contributed by atoms with Gasteiger partial charge in [0.2, 0.25) is 0 Å². The molecule has 0 amide bonds. The van der Waals surface area contributed by atoms with Crippen molar-refractivity contribution >= 4 is 21.7 Å². The van der Waals surface area contributed by atoms with E-state index in [1.54, 1.807) is 0 Å². The number of pyridine rings is 1. The highest BCUT2D eigenvalue weighted by Gasteiger charge is 2.08. The SMILES string of the molecule is Nc1nc(Br)ccc1OC(F)F. The number of ether oxygens (including phenoxy) is 1. The molecular weight excluding hydrogens is 234 g/mol. The summed E-state index contributed by atoms with van der Waals surface area (Å²) in [6.07, 6.45) is 0. The molecule has 1 aromatic rings. The molecule has 0 atom stereocenters. The van der Waals surface area contributed by atoms with Gasteiger partial charge in [0.25, 0.3) is 0 Å². The van der Waals surface area contributed by atoms with Gasteiger partial charge in [0, 0.05) is 0 Å². The van der Waals surface area contributed by atoms with Crippen molar-refractivity contribution in [2.24, 2.45) is 0 Å². The first kappa shape index (κ1) is 9.18. The summed E-state index contributed by atoms with van der Waals surface area (Å²) in [4.78, 5) is 3.66. The van der Waals surface area contributed by atoms with E-state index in [0.717, 1.165) is 0 Å². The average molecular weight is 239 g/mol. The topological polar surface area (TPSA) is 48.1 Å². The van der Waals surface area contributed by atoms with E-state index in [-0.39, 0.29) is 11.6 Å². The largest absolute Gasteiger partial charge is 0.431 e. The van der Waals surface area contributed by atoms with Gasteiger partial charge in [0.15, 0.2) is 11.6 Å². The van der Waals surface area contributed by atoms with Crippen LogP contribution in [0.4, 0.5) is 14.6 Å². The number of alkyl halides is 2. The molecule has 0 aliphatic rings. The van der Waals surface area contributed by atoms with Crippen LogP contribution >= 0.6 is 15.9 Å². The van der Waals surface area contributed by atoms with Crippen molar-refractivity contribution in [2.75, 3.05) is 5.73 Å². The van der Waals surface area contributed by atoms with Crippen molar-refractivity contribution in [2.45, 2.75) is 6.61 Å². The Morgan fingerprint density at radius 1 is 1.50 bits per heavy atom. The van der Waals surface area contributed by atoms with Gasteiger partial charge in [0.1, 0.15) is 4.60 Å². The van der Waals surface area contributed by atoms with Crippen LogP contribution in [0, 0.1) is 0 Å². The number of aromatic nitrogens is 1. The van der Waals surface area contributed by atoms with Crippen LogP contribution in [0.5, 0.6) is 5.75 Å². The number of anilines is 1. The van der Waals surface area contributed by atoms with E-state index in [0.29, 0.717) is 4.60 Å². The van der Waals surface area contributed by atoms with Crippen LogP contribution in [-0.2, 0) is 0 Å². The van der Waals surface area contributed by atoms with E-state index < -0.39 is 6.61 Å². The molecule has 6 heteroatoms. The molecule has 0 aromatic carbocycles. The number of hydrogen-bond donors (Lipinski definition) is 1. The van der Waals surface area contributed by atoms with Gasteiger partial charge in [-0.3, -0.25) is 0 Å². The smallest absolute Gasteiger partial charge is 0.387 e. The zero-order valence-electron chi connectivity index (χ0n) is 5.80. The number of nitrogens with two attached hydrogens (primary N) is 1. The lowest BCUT2D eigenvalue weighted by Crippen LogP contribution is -2.05. The molecule has 0 bridgehead atoms. The van der Waals surface area contributed by atoms with Crippen LogP contribution in [-0.4, -0.2) is 11.6 Å². The molecule has 1 aromatic heterocycles. The Hall–Kier alpha value is -0.910. The summed E-state index contributed by atoms with van der Waals surface area (Å²) in [6, 6.07) is 2.78. The van der Waals surface area contributed by atoms with E-state index in [1.807, 2.05) is 0 Å². The summed E-state index contributed by atoms with van der Waals surface area (Å²) in [6.45, 7) is -2.88. The lowest BCUT2D eigenvalue weighted by molar-refractivity contribution is -0.0495. The number of nitrogens with zero attached hydrogens (tertiary/aromatic N) is 1. The van der Waals surface area contributed by atoms with Gasteiger partial charge < -0.3 is 10.5 Å². The molecule has 0 fully saturated rings. The Morgan fingerprint density at radius 3 is 2.67 bits per heavy atom. The van der Waals surface area contributed by atoms with Crippen molar-refractivity contribution < 1.29 is 13.5 Å². The fourth-order valence-corrected chi connectivity index (χ4v) is 0.956. The minimum absolute atomic E-state index is 0.0651. The van der Waals surface area contributed by atoms with Gasteiger partial charge >= 0.3 is 6.61 Å². The molecule has 0 unspecified atom stereocenters. The number of halogens is 3. The fraction of sp³-hybridized carbons (Fsp3) is 0.167. The van der Waals surface area contributed by atoms with Crippen LogP contribution < -0.4 is 10.5 Å². The molecule has 0 radical (unpaired) electrons. The summed E-state index contributed by atoms with van der Waals surface area (Å²) in [5.41, 5.74) is 5.27. The quantitative estimate of drug-likeness (QED) is 0.803. The van der Waals surface area contributed by atoms with Crippen molar-refractivity contribution in [1.29, 1.82) is 0 Å². The predicted octanol–water partition coefficient (Wildman–Crippen LogP) is 2.03. The maximum Gasteiger partial charge on any atom is 0.387 e. The Balaban J connectivity index is 2.86. The second-order valence-corrected chi connectivity index (χ2v) is 2.71. The van der Waals surface area contributed by atoms with Gasteiger partial charge in [-0.1, -0.05) is 0 Å². The van der Waals surface area contributed by atoms with E-state index in [9.17, 15) is 8.78 Å². The van der Waals surface area contributed by atoms with Crippen LogP contribution in [0.2, 0.25) is 0 Å². The minimum atomic E-state index is -2.88. The van der Waals surface area contributed by atoms with Gasteiger partial charge in [-0.05, 0) is 28.1 Å². The lowest BCUT2D eigenvalue weighted by Gasteiger charge is -2.05. The highest BCUT2D eigenvalue weighted by Crippen LogP contribution is 2.22. The maximum atomic E-state index is 11.7. The minimum Gasteiger partial charge on any atom is -0.431 e. The molecule has 0 saturated heterocycles. The molecule has 0 aliphatic carbocycles. The van der Waals surface area contributed by atoms with Gasteiger partial charge in [-0.2, -0.15) is 8.78 Å². The summed E-state index contributed by atoms with van der Waals surface area (Å²) in [5.74, 6) is -0.183. The van der Waals surface area contributed by atoms with Crippen LogP contribution in [0.3, 0.4) is 0 Å². The van der Waals surface area contributed by atoms with Crippen molar-refractivity contribution in [3.8, 4) is 5.75 Å². The zero-order chi connectivity index (χ0) is 9.14. The molecule has 3 nitrogen and oxygen atoms in total. The Kier molecular flexibility index (Phi) is 2.80. The monoisotopic (exact) mass is 238 g/mol. The molecule has 66 valence electrons. The second kappa shape index (κ2) is 3.66. The third kappa shape index (κ3) is 2.30. The van der Waals surface area contributed by atoms with Crippen LogP contribution in [0.15, 0.2) is 16.7 Å². The molecule has 0 aliphatic heterocycles. The van der Waals surface area contributed by atoms with Crippen molar-refractivity contribution in [3.63, 3.8) is 0 Å². The lowest BCUT2D eigenvalue weighted by atomic mass is 10.4. The molecule has 2 N–H and O–H groups in total. The van der Waals surface area contributed by atoms with Crippen molar-refractivity contribution in [3.05, 3.63) is 16.7 Å². The highest BCUT2D eigenvalue weighted by atomic mass is 79.9. The van der Waals surface area contributed by atoms with E-state index >= 15 is 0 Å². The van der Waals surface area contributed by atoms with Crippen LogP contribution in [0.25, 0.3) is 0 Å². The Morgan fingerprint density at radius 2 is 2.17 bits per heavy atom. The van der Waals surface area contributed by atoms with E-state index in [1.165, 1.54) is 12.1 Å². The standard InChI is InChI=1S/C6H5BrF2N2O/c7-4-2-1-3(5(10)11-4)12-6(8)9/h1-2,6H,(H2,10,11). The third-order valence-corrected chi connectivity index (χ3v) is 1.51. The molecule has 12 heavy (non-hydrogen) atoms. The highest BCUT2D eigenvalue weighted by molar-refractivity contribution is 9.10. The van der Waals surface area contributed by atoms with Gasteiger partial charge in [-0.15, -0.1) is 0 Å². The molecular formula is C6H5BrF2N2O. The molecule has 1 heterocycles.